The van der Waals surface area contributed by atoms with Crippen LogP contribution in [0.4, 0.5) is 10.1 Å². The second-order valence-electron chi connectivity index (χ2n) is 6.14. The van der Waals surface area contributed by atoms with Crippen molar-refractivity contribution < 1.29 is 13.9 Å². The number of rotatable bonds is 7. The van der Waals surface area contributed by atoms with Gasteiger partial charge in [-0.05, 0) is 36.8 Å². The number of carbonyl (C=O) groups is 1. The average Bonchev–Trinajstić information content (AvgIpc) is 2.71. The van der Waals surface area contributed by atoms with Crippen molar-refractivity contribution in [3.8, 4) is 17.0 Å². The highest BCUT2D eigenvalue weighted by Gasteiger charge is 2.08. The van der Waals surface area contributed by atoms with Crippen molar-refractivity contribution in [1.29, 1.82) is 0 Å². The summed E-state index contributed by atoms with van der Waals surface area (Å²) in [6, 6.07) is 16.5. The summed E-state index contributed by atoms with van der Waals surface area (Å²) in [5.41, 5.74) is 1.35. The van der Waals surface area contributed by atoms with Crippen LogP contribution in [-0.2, 0) is 11.3 Å². The van der Waals surface area contributed by atoms with Gasteiger partial charge in [-0.3, -0.25) is 9.59 Å². The molecule has 0 radical (unpaired) electrons. The summed E-state index contributed by atoms with van der Waals surface area (Å²) in [6.45, 7) is 0.279. The fraction of sp³-hybridized carbons (Fsp3) is 0.190. The molecule has 1 aromatic heterocycles. The molecule has 0 aliphatic rings. The van der Waals surface area contributed by atoms with Crippen LogP contribution in [0.1, 0.15) is 12.8 Å². The highest BCUT2D eigenvalue weighted by molar-refractivity contribution is 5.90. The van der Waals surface area contributed by atoms with Crippen molar-refractivity contribution in [3.05, 3.63) is 76.8 Å². The van der Waals surface area contributed by atoms with E-state index >= 15 is 0 Å². The van der Waals surface area contributed by atoms with Gasteiger partial charge in [0.1, 0.15) is 11.6 Å². The molecule has 0 saturated carbocycles. The molecule has 0 unspecified atom stereocenters. The maximum absolute atomic E-state index is 13.6. The minimum atomic E-state index is -0.486. The molecule has 3 rings (SSSR count). The lowest BCUT2D eigenvalue weighted by Gasteiger charge is -2.09. The van der Waals surface area contributed by atoms with E-state index in [1.807, 2.05) is 24.3 Å². The van der Waals surface area contributed by atoms with Crippen LogP contribution in [-0.4, -0.2) is 22.8 Å². The normalized spacial score (nSPS) is 10.5. The van der Waals surface area contributed by atoms with E-state index in [2.05, 4.69) is 10.4 Å². The molecule has 0 aliphatic carbocycles. The molecule has 3 aromatic rings. The number of ether oxygens (including phenoxy) is 1. The Balaban J connectivity index is 1.63. The summed E-state index contributed by atoms with van der Waals surface area (Å²) in [5, 5.41) is 6.90. The molecule has 1 N–H and O–H groups in total. The predicted octanol–water partition coefficient (Wildman–Crippen LogP) is 3.48. The second-order valence-corrected chi connectivity index (χ2v) is 6.14. The van der Waals surface area contributed by atoms with Crippen LogP contribution in [0, 0.1) is 5.82 Å². The zero-order chi connectivity index (χ0) is 19.9. The Hall–Kier alpha value is -3.48. The van der Waals surface area contributed by atoms with Gasteiger partial charge in [-0.1, -0.05) is 24.3 Å². The fourth-order valence-electron chi connectivity index (χ4n) is 2.71. The quantitative estimate of drug-likeness (QED) is 0.680. The number of methoxy groups -OCH3 is 1. The van der Waals surface area contributed by atoms with E-state index in [9.17, 15) is 14.0 Å². The Labute approximate surface area is 161 Å². The minimum absolute atomic E-state index is 0.141. The van der Waals surface area contributed by atoms with Gasteiger partial charge in [-0.2, -0.15) is 5.10 Å². The van der Waals surface area contributed by atoms with E-state index in [4.69, 9.17) is 4.74 Å². The summed E-state index contributed by atoms with van der Waals surface area (Å²) in [4.78, 5) is 24.1. The van der Waals surface area contributed by atoms with Crippen LogP contribution in [0.3, 0.4) is 0 Å². The lowest BCUT2D eigenvalue weighted by molar-refractivity contribution is -0.116. The number of hydrogen-bond donors (Lipinski definition) is 1. The molecular weight excluding hydrogens is 361 g/mol. The standard InChI is InChI=1S/C21H20FN3O3/c1-28-16-7-4-6-15(14-16)18-11-12-21(27)25(24-18)13-5-10-20(26)23-19-9-3-2-8-17(19)22/h2-4,6-9,11-12,14H,5,10,13H2,1H3,(H,23,26). The number of nitrogens with zero attached hydrogens (tertiary/aromatic N) is 2. The number of carbonyl (C=O) groups excluding carboxylic acids is 1. The third kappa shape index (κ3) is 4.82. The zero-order valence-electron chi connectivity index (χ0n) is 15.4. The van der Waals surface area contributed by atoms with Gasteiger partial charge in [0.05, 0.1) is 18.5 Å². The smallest absolute Gasteiger partial charge is 0.266 e. The predicted molar refractivity (Wildman–Crippen MR) is 105 cm³/mol. The van der Waals surface area contributed by atoms with Crippen molar-refractivity contribution in [2.45, 2.75) is 19.4 Å². The van der Waals surface area contributed by atoms with Gasteiger partial charge >= 0.3 is 0 Å². The molecule has 1 heterocycles. The fourth-order valence-corrected chi connectivity index (χ4v) is 2.71. The molecule has 2 aromatic carbocycles. The Morgan fingerprint density at radius 2 is 1.96 bits per heavy atom. The number of amides is 1. The van der Waals surface area contributed by atoms with Crippen molar-refractivity contribution >= 4 is 11.6 Å². The third-order valence-corrected chi connectivity index (χ3v) is 4.15. The lowest BCUT2D eigenvalue weighted by Crippen LogP contribution is -2.23. The second kappa shape index (κ2) is 8.94. The van der Waals surface area contributed by atoms with Crippen LogP contribution in [0.25, 0.3) is 11.3 Å². The van der Waals surface area contributed by atoms with Crippen LogP contribution >= 0.6 is 0 Å². The summed E-state index contributed by atoms with van der Waals surface area (Å²) in [5.74, 6) is -0.108. The number of nitrogens with one attached hydrogen (secondary N) is 1. The topological polar surface area (TPSA) is 73.2 Å². The Kier molecular flexibility index (Phi) is 6.16. The number of aromatic nitrogens is 2. The van der Waals surface area contributed by atoms with E-state index in [0.717, 1.165) is 5.56 Å². The Bertz CT molecular complexity index is 1030. The van der Waals surface area contributed by atoms with E-state index < -0.39 is 5.82 Å². The van der Waals surface area contributed by atoms with Crippen LogP contribution in [0.5, 0.6) is 5.75 Å². The first-order valence-electron chi connectivity index (χ1n) is 8.84. The maximum Gasteiger partial charge on any atom is 0.266 e. The number of para-hydroxylation sites is 1. The zero-order valence-corrected chi connectivity index (χ0v) is 15.4. The molecular formula is C21H20FN3O3. The summed E-state index contributed by atoms with van der Waals surface area (Å²) < 4.78 is 20.1. The van der Waals surface area contributed by atoms with Crippen molar-refractivity contribution in [2.24, 2.45) is 0 Å². The number of hydrogen-bond acceptors (Lipinski definition) is 4. The number of aryl methyl sites for hydroxylation is 1. The van der Waals surface area contributed by atoms with E-state index in [1.54, 1.807) is 25.3 Å². The van der Waals surface area contributed by atoms with Crippen molar-refractivity contribution in [2.75, 3.05) is 12.4 Å². The van der Waals surface area contributed by atoms with Crippen molar-refractivity contribution in [1.82, 2.24) is 9.78 Å². The molecule has 0 bridgehead atoms. The van der Waals surface area contributed by atoms with Crippen LogP contribution in [0.2, 0.25) is 0 Å². The molecule has 0 spiro atoms. The van der Waals surface area contributed by atoms with Gasteiger partial charge in [0.25, 0.3) is 5.56 Å². The molecule has 1 amide bonds. The van der Waals surface area contributed by atoms with E-state index in [0.29, 0.717) is 17.9 Å². The molecule has 28 heavy (non-hydrogen) atoms. The Morgan fingerprint density at radius 1 is 1.14 bits per heavy atom. The van der Waals surface area contributed by atoms with Crippen LogP contribution in [0.15, 0.2) is 65.5 Å². The maximum atomic E-state index is 13.6. The van der Waals surface area contributed by atoms with Gasteiger partial charge in [0.2, 0.25) is 5.91 Å². The number of halogens is 1. The summed E-state index contributed by atoms with van der Waals surface area (Å²) >= 11 is 0. The largest absolute Gasteiger partial charge is 0.497 e. The molecule has 6 nitrogen and oxygen atoms in total. The van der Waals surface area contributed by atoms with E-state index in [1.165, 1.54) is 22.9 Å². The monoisotopic (exact) mass is 381 g/mol. The average molecular weight is 381 g/mol. The van der Waals surface area contributed by atoms with Crippen LogP contribution < -0.4 is 15.6 Å². The summed E-state index contributed by atoms with van der Waals surface area (Å²) in [6.07, 6.45) is 0.542. The number of benzene rings is 2. The molecule has 0 aliphatic heterocycles. The minimum Gasteiger partial charge on any atom is -0.497 e. The Morgan fingerprint density at radius 3 is 2.75 bits per heavy atom. The van der Waals surface area contributed by atoms with Gasteiger partial charge in [-0.25, -0.2) is 9.07 Å². The van der Waals surface area contributed by atoms with Gasteiger partial charge in [0, 0.05) is 24.6 Å². The van der Waals surface area contributed by atoms with Gasteiger partial charge in [-0.15, -0.1) is 0 Å². The molecule has 7 heteroatoms. The van der Waals surface area contributed by atoms with E-state index in [-0.39, 0.29) is 30.1 Å². The highest BCUT2D eigenvalue weighted by atomic mass is 19.1. The lowest BCUT2D eigenvalue weighted by atomic mass is 10.1. The first-order valence-corrected chi connectivity index (χ1v) is 8.84. The van der Waals surface area contributed by atoms with Crippen molar-refractivity contribution in [3.63, 3.8) is 0 Å². The van der Waals surface area contributed by atoms with Gasteiger partial charge in [0.15, 0.2) is 0 Å². The molecule has 0 atom stereocenters. The molecule has 0 saturated heterocycles. The highest BCUT2D eigenvalue weighted by Crippen LogP contribution is 2.21. The molecule has 0 fully saturated rings. The first-order chi connectivity index (χ1) is 13.6. The summed E-state index contributed by atoms with van der Waals surface area (Å²) in [7, 11) is 1.58. The number of anilines is 1. The third-order valence-electron chi connectivity index (χ3n) is 4.15. The van der Waals surface area contributed by atoms with Gasteiger partial charge < -0.3 is 10.1 Å². The molecule has 144 valence electrons. The SMILES string of the molecule is COc1cccc(-c2ccc(=O)n(CCCC(=O)Nc3ccccc3F)n2)c1. The first kappa shape index (κ1) is 19.3.